The first-order chi connectivity index (χ1) is 7.74. The molecule has 1 aromatic rings. The first-order valence-electron chi connectivity index (χ1n) is 5.73. The van der Waals surface area contributed by atoms with E-state index in [0.717, 1.165) is 32.2 Å². The van der Waals surface area contributed by atoms with E-state index < -0.39 is 0 Å². The fourth-order valence-corrected chi connectivity index (χ4v) is 1.84. The molecule has 3 heteroatoms. The molecule has 0 aliphatic heterocycles. The lowest BCUT2D eigenvalue weighted by Crippen LogP contribution is -2.27. The Morgan fingerprint density at radius 1 is 1.25 bits per heavy atom. The molecule has 0 radical (unpaired) electrons. The van der Waals surface area contributed by atoms with Crippen molar-refractivity contribution in [3.05, 3.63) is 29.6 Å². The van der Waals surface area contributed by atoms with Crippen molar-refractivity contribution in [2.24, 2.45) is 0 Å². The number of benzene rings is 1. The molecule has 0 spiro atoms. The van der Waals surface area contributed by atoms with Crippen LogP contribution in [0.15, 0.2) is 18.2 Å². The highest BCUT2D eigenvalue weighted by atomic mass is 19.1. The summed E-state index contributed by atoms with van der Waals surface area (Å²) in [5, 5.41) is 0. The Hall–Kier alpha value is -1.38. The lowest BCUT2D eigenvalue weighted by Gasteiger charge is -2.25. The highest BCUT2D eigenvalue weighted by Crippen LogP contribution is 2.23. The zero-order valence-corrected chi connectivity index (χ0v) is 9.87. The molecule has 0 aromatic heterocycles. The number of anilines is 1. The summed E-state index contributed by atoms with van der Waals surface area (Å²) >= 11 is 0. The highest BCUT2D eigenvalue weighted by molar-refractivity contribution is 5.84. The van der Waals surface area contributed by atoms with E-state index >= 15 is 0 Å². The molecule has 0 heterocycles. The Morgan fingerprint density at radius 2 is 1.88 bits per heavy atom. The van der Waals surface area contributed by atoms with E-state index in [2.05, 4.69) is 0 Å². The average molecular weight is 223 g/mol. The van der Waals surface area contributed by atoms with Crippen LogP contribution in [0.1, 0.15) is 37.0 Å². The summed E-state index contributed by atoms with van der Waals surface area (Å²) in [5.74, 6) is -0.313. The van der Waals surface area contributed by atoms with Gasteiger partial charge in [-0.05, 0) is 25.0 Å². The van der Waals surface area contributed by atoms with Crippen LogP contribution in [0.25, 0.3) is 0 Å². The van der Waals surface area contributed by atoms with Crippen LogP contribution in [-0.2, 0) is 0 Å². The van der Waals surface area contributed by atoms with Crippen molar-refractivity contribution in [1.29, 1.82) is 0 Å². The summed E-state index contributed by atoms with van der Waals surface area (Å²) in [5.41, 5.74) is 0.878. The minimum atomic E-state index is -0.313. The Kier molecular flexibility index (Phi) is 4.96. The molecule has 88 valence electrons. The number of nitrogens with zero attached hydrogens (tertiary/aromatic N) is 1. The van der Waals surface area contributed by atoms with Gasteiger partial charge in [-0.15, -0.1) is 0 Å². The van der Waals surface area contributed by atoms with Crippen molar-refractivity contribution in [1.82, 2.24) is 0 Å². The number of rotatable bonds is 6. The van der Waals surface area contributed by atoms with Gasteiger partial charge >= 0.3 is 0 Å². The van der Waals surface area contributed by atoms with E-state index in [1.54, 1.807) is 12.1 Å². The molecule has 0 fully saturated rings. The molecule has 2 nitrogen and oxygen atoms in total. The van der Waals surface area contributed by atoms with Crippen molar-refractivity contribution < 1.29 is 9.18 Å². The average Bonchev–Trinajstić information content (AvgIpc) is 2.28. The second-order valence-corrected chi connectivity index (χ2v) is 3.78. The molecule has 0 amide bonds. The van der Waals surface area contributed by atoms with Crippen LogP contribution in [0.5, 0.6) is 0 Å². The molecule has 0 saturated heterocycles. The van der Waals surface area contributed by atoms with E-state index in [0.29, 0.717) is 11.3 Å². The topological polar surface area (TPSA) is 20.3 Å². The van der Waals surface area contributed by atoms with Crippen molar-refractivity contribution in [3.8, 4) is 0 Å². The fourth-order valence-electron chi connectivity index (χ4n) is 1.84. The summed E-state index contributed by atoms with van der Waals surface area (Å²) in [6, 6.07) is 4.63. The van der Waals surface area contributed by atoms with Gasteiger partial charge in [0.15, 0.2) is 6.29 Å². The Morgan fingerprint density at radius 3 is 2.38 bits per heavy atom. The van der Waals surface area contributed by atoms with Gasteiger partial charge in [0.2, 0.25) is 0 Å². The molecule has 1 aromatic carbocycles. The molecule has 0 unspecified atom stereocenters. The van der Waals surface area contributed by atoms with Crippen molar-refractivity contribution >= 4 is 12.0 Å². The van der Waals surface area contributed by atoms with Crippen LogP contribution in [0.4, 0.5) is 10.1 Å². The number of para-hydroxylation sites is 1. The minimum absolute atomic E-state index is 0.313. The Balaban J connectivity index is 3.10. The molecule has 0 aliphatic carbocycles. The van der Waals surface area contributed by atoms with Crippen LogP contribution in [0.2, 0.25) is 0 Å². The number of carbonyl (C=O) groups is 1. The third-order valence-electron chi connectivity index (χ3n) is 2.45. The maximum absolute atomic E-state index is 13.7. The predicted octanol–water partition coefficient (Wildman–Crippen LogP) is 3.26. The van der Waals surface area contributed by atoms with Crippen molar-refractivity contribution in [2.45, 2.75) is 26.7 Å². The summed E-state index contributed by atoms with van der Waals surface area (Å²) in [6.07, 6.45) is 2.59. The SMILES string of the molecule is CCCN(CCC)c1c(F)cccc1C=O. The van der Waals surface area contributed by atoms with E-state index in [1.165, 1.54) is 6.07 Å². The Bertz CT molecular complexity index is 346. The van der Waals surface area contributed by atoms with Gasteiger partial charge in [0.1, 0.15) is 5.82 Å². The number of hydrogen-bond acceptors (Lipinski definition) is 2. The first-order valence-corrected chi connectivity index (χ1v) is 5.73. The van der Waals surface area contributed by atoms with Gasteiger partial charge in [0.05, 0.1) is 5.69 Å². The summed E-state index contributed by atoms with van der Waals surface area (Å²) in [7, 11) is 0. The van der Waals surface area contributed by atoms with Gasteiger partial charge in [-0.25, -0.2) is 4.39 Å². The fraction of sp³-hybridized carbons (Fsp3) is 0.462. The zero-order chi connectivity index (χ0) is 12.0. The zero-order valence-electron chi connectivity index (χ0n) is 9.87. The van der Waals surface area contributed by atoms with Gasteiger partial charge in [0, 0.05) is 18.7 Å². The molecule has 0 atom stereocenters. The van der Waals surface area contributed by atoms with E-state index in [9.17, 15) is 9.18 Å². The van der Waals surface area contributed by atoms with Crippen LogP contribution in [-0.4, -0.2) is 19.4 Å². The standard InChI is InChI=1S/C13H18FNO/c1-3-8-15(9-4-2)13-11(10-16)6-5-7-12(13)14/h5-7,10H,3-4,8-9H2,1-2H3. The highest BCUT2D eigenvalue weighted by Gasteiger charge is 2.14. The molecule has 0 aliphatic rings. The smallest absolute Gasteiger partial charge is 0.152 e. The number of carbonyl (C=O) groups excluding carboxylic acids is 1. The largest absolute Gasteiger partial charge is 0.369 e. The molecular weight excluding hydrogens is 205 g/mol. The van der Waals surface area contributed by atoms with Crippen LogP contribution in [0, 0.1) is 5.82 Å². The third-order valence-corrected chi connectivity index (χ3v) is 2.45. The summed E-state index contributed by atoms with van der Waals surface area (Å²) in [4.78, 5) is 12.8. The van der Waals surface area contributed by atoms with E-state index in [-0.39, 0.29) is 5.82 Å². The van der Waals surface area contributed by atoms with Crippen LogP contribution in [0.3, 0.4) is 0 Å². The number of halogens is 1. The second kappa shape index (κ2) is 6.26. The first kappa shape index (κ1) is 12.7. The predicted molar refractivity (Wildman–Crippen MR) is 64.6 cm³/mol. The maximum Gasteiger partial charge on any atom is 0.152 e. The minimum Gasteiger partial charge on any atom is -0.369 e. The third kappa shape index (κ3) is 2.81. The second-order valence-electron chi connectivity index (χ2n) is 3.78. The molecule has 0 saturated carbocycles. The molecule has 16 heavy (non-hydrogen) atoms. The maximum atomic E-state index is 13.7. The summed E-state index contributed by atoms with van der Waals surface area (Å²) in [6.45, 7) is 5.64. The van der Waals surface area contributed by atoms with Gasteiger partial charge in [-0.1, -0.05) is 19.9 Å². The van der Waals surface area contributed by atoms with Gasteiger partial charge in [0.25, 0.3) is 0 Å². The van der Waals surface area contributed by atoms with Crippen LogP contribution >= 0.6 is 0 Å². The van der Waals surface area contributed by atoms with Crippen molar-refractivity contribution in [3.63, 3.8) is 0 Å². The molecular formula is C13H18FNO. The lowest BCUT2D eigenvalue weighted by molar-refractivity contribution is 0.112. The molecule has 1 rings (SSSR count). The van der Waals surface area contributed by atoms with E-state index in [4.69, 9.17) is 0 Å². The van der Waals surface area contributed by atoms with Gasteiger partial charge in [-0.3, -0.25) is 4.79 Å². The number of aldehydes is 1. The van der Waals surface area contributed by atoms with Crippen LogP contribution < -0.4 is 4.90 Å². The van der Waals surface area contributed by atoms with Crippen molar-refractivity contribution in [2.75, 3.05) is 18.0 Å². The normalized spacial score (nSPS) is 10.2. The Labute approximate surface area is 96.1 Å². The van der Waals surface area contributed by atoms with E-state index in [1.807, 2.05) is 18.7 Å². The van der Waals surface area contributed by atoms with Gasteiger partial charge < -0.3 is 4.90 Å². The monoisotopic (exact) mass is 223 g/mol. The number of hydrogen-bond donors (Lipinski definition) is 0. The molecule has 0 N–H and O–H groups in total. The molecule has 0 bridgehead atoms. The lowest BCUT2D eigenvalue weighted by atomic mass is 10.1. The van der Waals surface area contributed by atoms with Gasteiger partial charge in [-0.2, -0.15) is 0 Å². The quantitative estimate of drug-likeness (QED) is 0.690. The summed E-state index contributed by atoms with van der Waals surface area (Å²) < 4.78 is 13.7.